The third-order valence-corrected chi connectivity index (χ3v) is 4.03. The molecule has 23 heavy (non-hydrogen) atoms. The van der Waals surface area contributed by atoms with Crippen molar-refractivity contribution in [3.8, 4) is 28.3 Å². The molecule has 116 valence electrons. The number of nitrogens with zero attached hydrogens (tertiary/aromatic N) is 3. The second-order valence-corrected chi connectivity index (χ2v) is 5.67. The minimum Gasteiger partial charge on any atom is -0.493 e. The Morgan fingerprint density at radius 2 is 2.00 bits per heavy atom. The summed E-state index contributed by atoms with van der Waals surface area (Å²) in [5.41, 5.74) is 9.58. The fourth-order valence-electron chi connectivity index (χ4n) is 2.63. The van der Waals surface area contributed by atoms with Crippen LogP contribution in [0, 0.1) is 0 Å². The highest BCUT2D eigenvalue weighted by Crippen LogP contribution is 2.42. The predicted octanol–water partition coefficient (Wildman–Crippen LogP) is 3.00. The normalized spacial score (nSPS) is 14.0. The minimum absolute atomic E-state index is 0.375. The zero-order valence-electron chi connectivity index (χ0n) is 12.8. The van der Waals surface area contributed by atoms with Gasteiger partial charge < -0.3 is 15.5 Å². The Balaban J connectivity index is 1.87. The van der Waals surface area contributed by atoms with Gasteiger partial charge in [0.05, 0.1) is 18.5 Å². The van der Waals surface area contributed by atoms with Crippen molar-refractivity contribution >= 4 is 5.82 Å². The molecule has 1 saturated carbocycles. The number of pyridine rings is 2. The molecule has 1 aliphatic rings. The summed E-state index contributed by atoms with van der Waals surface area (Å²) in [5.74, 6) is 2.49. The number of hydrogen-bond donors (Lipinski definition) is 2. The first-order chi connectivity index (χ1) is 11.3. The quantitative estimate of drug-likeness (QED) is 0.773. The lowest BCUT2D eigenvalue weighted by atomic mass is 10.1. The van der Waals surface area contributed by atoms with Crippen LogP contribution in [-0.2, 0) is 0 Å². The molecule has 3 heterocycles. The Morgan fingerprint density at radius 1 is 1.22 bits per heavy atom. The number of nitrogen functional groups attached to an aromatic ring is 1. The Morgan fingerprint density at radius 3 is 2.70 bits per heavy atom. The lowest BCUT2D eigenvalue weighted by Gasteiger charge is -2.07. The van der Waals surface area contributed by atoms with E-state index in [2.05, 4.69) is 15.0 Å². The second-order valence-electron chi connectivity index (χ2n) is 5.67. The maximum absolute atomic E-state index is 5.82. The number of imidazole rings is 1. The fraction of sp³-hybridized carbons (Fsp3) is 0.235. The molecule has 0 bridgehead atoms. The van der Waals surface area contributed by atoms with Crippen molar-refractivity contribution in [3.63, 3.8) is 0 Å². The summed E-state index contributed by atoms with van der Waals surface area (Å²) >= 11 is 0. The van der Waals surface area contributed by atoms with E-state index in [4.69, 9.17) is 15.5 Å². The number of ether oxygens (including phenoxy) is 1. The molecule has 3 aromatic heterocycles. The molecule has 0 unspecified atom stereocenters. The third-order valence-electron chi connectivity index (χ3n) is 4.03. The summed E-state index contributed by atoms with van der Waals surface area (Å²) in [6.07, 6.45) is 7.66. The van der Waals surface area contributed by atoms with Gasteiger partial charge in [0, 0.05) is 35.6 Å². The van der Waals surface area contributed by atoms with Crippen LogP contribution in [0.4, 0.5) is 5.82 Å². The molecule has 4 rings (SSSR count). The van der Waals surface area contributed by atoms with E-state index in [1.807, 2.05) is 18.2 Å². The van der Waals surface area contributed by atoms with Gasteiger partial charge in [-0.25, -0.2) is 9.97 Å². The number of nitrogens with two attached hydrogens (primary N) is 1. The van der Waals surface area contributed by atoms with Gasteiger partial charge in [0.15, 0.2) is 11.6 Å². The molecule has 0 atom stereocenters. The first-order valence-electron chi connectivity index (χ1n) is 7.56. The molecule has 0 amide bonds. The first kappa shape index (κ1) is 13.8. The Labute approximate surface area is 133 Å². The molecule has 0 radical (unpaired) electrons. The molecule has 1 fully saturated rings. The topological polar surface area (TPSA) is 89.7 Å². The maximum atomic E-state index is 5.82. The van der Waals surface area contributed by atoms with Crippen molar-refractivity contribution in [2.24, 2.45) is 0 Å². The number of aromatic nitrogens is 4. The molecule has 0 saturated heterocycles. The zero-order valence-corrected chi connectivity index (χ0v) is 12.8. The van der Waals surface area contributed by atoms with E-state index in [0.29, 0.717) is 17.5 Å². The summed E-state index contributed by atoms with van der Waals surface area (Å²) < 4.78 is 5.28. The highest BCUT2D eigenvalue weighted by Gasteiger charge is 2.28. The molecule has 3 N–H and O–H groups in total. The van der Waals surface area contributed by atoms with E-state index in [1.54, 1.807) is 25.7 Å². The van der Waals surface area contributed by atoms with Gasteiger partial charge in [-0.1, -0.05) is 0 Å². The van der Waals surface area contributed by atoms with Crippen LogP contribution in [0.2, 0.25) is 0 Å². The number of anilines is 1. The number of rotatable bonds is 4. The van der Waals surface area contributed by atoms with Gasteiger partial charge in [-0.3, -0.25) is 4.98 Å². The van der Waals surface area contributed by atoms with Gasteiger partial charge in [-0.05, 0) is 31.0 Å². The zero-order chi connectivity index (χ0) is 15.8. The number of hydrogen-bond acceptors (Lipinski definition) is 5. The number of methoxy groups -OCH3 is 1. The molecule has 0 aromatic carbocycles. The van der Waals surface area contributed by atoms with E-state index in [9.17, 15) is 0 Å². The summed E-state index contributed by atoms with van der Waals surface area (Å²) in [5, 5.41) is 0. The van der Waals surface area contributed by atoms with E-state index in [0.717, 1.165) is 28.3 Å². The predicted molar refractivity (Wildman–Crippen MR) is 88.0 cm³/mol. The average Bonchev–Trinajstić information content (AvgIpc) is 3.35. The van der Waals surface area contributed by atoms with Crippen LogP contribution in [0.5, 0.6) is 5.75 Å². The molecule has 3 aromatic rings. The summed E-state index contributed by atoms with van der Waals surface area (Å²) in [6, 6.07) is 5.81. The van der Waals surface area contributed by atoms with Crippen molar-refractivity contribution in [1.29, 1.82) is 0 Å². The highest BCUT2D eigenvalue weighted by molar-refractivity contribution is 5.79. The maximum Gasteiger partial charge on any atom is 0.166 e. The summed E-state index contributed by atoms with van der Waals surface area (Å²) in [6.45, 7) is 0. The molecule has 6 nitrogen and oxygen atoms in total. The summed E-state index contributed by atoms with van der Waals surface area (Å²) in [7, 11) is 1.58. The number of nitrogens with one attached hydrogen (secondary N) is 1. The first-order valence-corrected chi connectivity index (χ1v) is 7.56. The van der Waals surface area contributed by atoms with E-state index >= 15 is 0 Å². The van der Waals surface area contributed by atoms with Crippen molar-refractivity contribution in [3.05, 3.63) is 42.6 Å². The van der Waals surface area contributed by atoms with E-state index in [1.165, 1.54) is 12.8 Å². The van der Waals surface area contributed by atoms with Crippen molar-refractivity contribution in [1.82, 2.24) is 19.9 Å². The van der Waals surface area contributed by atoms with Crippen LogP contribution in [0.25, 0.3) is 22.5 Å². The van der Waals surface area contributed by atoms with Gasteiger partial charge in [-0.15, -0.1) is 0 Å². The average molecular weight is 307 g/mol. The van der Waals surface area contributed by atoms with Gasteiger partial charge in [0.25, 0.3) is 0 Å². The monoisotopic (exact) mass is 307 g/mol. The van der Waals surface area contributed by atoms with Gasteiger partial charge in [0.2, 0.25) is 0 Å². The minimum atomic E-state index is 0.375. The lowest BCUT2D eigenvalue weighted by Crippen LogP contribution is -1.96. The van der Waals surface area contributed by atoms with E-state index < -0.39 is 0 Å². The molecule has 1 aliphatic carbocycles. The molecule has 0 spiro atoms. The smallest absolute Gasteiger partial charge is 0.166 e. The molecule has 0 aliphatic heterocycles. The van der Waals surface area contributed by atoms with Crippen LogP contribution in [0.1, 0.15) is 24.6 Å². The third kappa shape index (κ3) is 2.52. The van der Waals surface area contributed by atoms with Crippen LogP contribution < -0.4 is 10.5 Å². The molecular weight excluding hydrogens is 290 g/mol. The van der Waals surface area contributed by atoms with E-state index in [-0.39, 0.29) is 0 Å². The number of H-pyrrole nitrogens is 1. The van der Waals surface area contributed by atoms with Crippen LogP contribution in [0.3, 0.4) is 0 Å². The van der Waals surface area contributed by atoms with Crippen molar-refractivity contribution < 1.29 is 4.74 Å². The Kier molecular flexibility index (Phi) is 3.22. The van der Waals surface area contributed by atoms with Gasteiger partial charge >= 0.3 is 0 Å². The van der Waals surface area contributed by atoms with Crippen LogP contribution >= 0.6 is 0 Å². The van der Waals surface area contributed by atoms with Gasteiger partial charge in [0.1, 0.15) is 5.82 Å². The summed E-state index contributed by atoms with van der Waals surface area (Å²) in [4.78, 5) is 16.6. The van der Waals surface area contributed by atoms with Crippen LogP contribution in [-0.4, -0.2) is 27.0 Å². The largest absolute Gasteiger partial charge is 0.493 e. The number of aromatic amines is 1. The second kappa shape index (κ2) is 5.39. The Hall–Kier alpha value is -2.89. The lowest BCUT2D eigenvalue weighted by molar-refractivity contribution is 0.415. The standard InChI is InChI=1S/C17H17N5O/c1-23-13-8-12(9-20-16(13)18)15-14(10-4-6-19-7-5-10)21-17(22-15)11-2-3-11/h4-9,11H,2-3H2,1H3,(H2,18,20)(H,21,22). The SMILES string of the molecule is COc1cc(-c2nc(C3CC3)[nH]c2-c2ccncc2)cnc1N. The highest BCUT2D eigenvalue weighted by atomic mass is 16.5. The molecular formula is C17H17N5O. The van der Waals surface area contributed by atoms with Crippen LogP contribution in [0.15, 0.2) is 36.8 Å². The Bertz CT molecular complexity index is 839. The van der Waals surface area contributed by atoms with Crippen molar-refractivity contribution in [2.75, 3.05) is 12.8 Å². The molecule has 6 heteroatoms. The fourth-order valence-corrected chi connectivity index (χ4v) is 2.63. The van der Waals surface area contributed by atoms with Crippen molar-refractivity contribution in [2.45, 2.75) is 18.8 Å². The van der Waals surface area contributed by atoms with Gasteiger partial charge in [-0.2, -0.15) is 0 Å².